The molecular weight excluding hydrogens is 378 g/mol. The summed E-state index contributed by atoms with van der Waals surface area (Å²) in [6.45, 7) is 3.88. The molecule has 0 aromatic heterocycles. The number of hydrogen-bond donors (Lipinski definition) is 0. The van der Waals surface area contributed by atoms with Gasteiger partial charge in [0.1, 0.15) is 0 Å². The molecule has 0 aromatic rings. The molecule has 3 nitrogen and oxygen atoms in total. The maximum absolute atomic E-state index is 12.7. The lowest BCUT2D eigenvalue weighted by Gasteiger charge is -2.32. The van der Waals surface area contributed by atoms with Gasteiger partial charge < -0.3 is 4.74 Å². The van der Waals surface area contributed by atoms with Crippen LogP contribution in [0.1, 0.15) is 116 Å². The highest BCUT2D eigenvalue weighted by Gasteiger charge is 2.32. The smallest absolute Gasteiger partial charge is 0.218 e. The van der Waals surface area contributed by atoms with Crippen LogP contribution in [0.2, 0.25) is 0 Å². The van der Waals surface area contributed by atoms with E-state index in [4.69, 9.17) is 4.74 Å². The summed E-state index contributed by atoms with van der Waals surface area (Å²) in [4.78, 5) is 12.7. The van der Waals surface area contributed by atoms with Gasteiger partial charge in [-0.3, -0.25) is 4.79 Å². The van der Waals surface area contributed by atoms with E-state index < -0.39 is 0 Å². The number of rotatable bonds is 14. The second-order valence-electron chi connectivity index (χ2n) is 8.89. The second kappa shape index (κ2) is 15.3. The number of ether oxygens (including phenoxy) is 1. The van der Waals surface area contributed by atoms with Gasteiger partial charge in [0.25, 0.3) is 0 Å². The molecule has 0 amide bonds. The molecule has 2 bridgehead atoms. The molecule has 1 aliphatic carbocycles. The molecular formula is C25H41NO2S. The van der Waals surface area contributed by atoms with Crippen molar-refractivity contribution in [3.05, 3.63) is 12.4 Å². The third-order valence-electron chi connectivity index (χ3n) is 6.32. The molecule has 29 heavy (non-hydrogen) atoms. The van der Waals surface area contributed by atoms with Gasteiger partial charge in [0, 0.05) is 17.6 Å². The third kappa shape index (κ3) is 10.4. The van der Waals surface area contributed by atoms with Crippen molar-refractivity contribution in [3.63, 3.8) is 0 Å². The third-order valence-corrected chi connectivity index (χ3v) is 7.66. The van der Waals surface area contributed by atoms with Crippen molar-refractivity contribution < 1.29 is 9.53 Å². The summed E-state index contributed by atoms with van der Waals surface area (Å²) in [7, 11) is 0. The minimum atomic E-state index is 0.156. The molecule has 0 N–H and O–H groups in total. The molecule has 4 heteroatoms. The summed E-state index contributed by atoms with van der Waals surface area (Å²) in [5.41, 5.74) is 0.690. The van der Waals surface area contributed by atoms with Gasteiger partial charge in [-0.2, -0.15) is 5.26 Å². The van der Waals surface area contributed by atoms with E-state index in [-0.39, 0.29) is 17.8 Å². The van der Waals surface area contributed by atoms with E-state index in [9.17, 15) is 10.1 Å². The second-order valence-corrected chi connectivity index (χ2v) is 10.2. The monoisotopic (exact) mass is 419 g/mol. The summed E-state index contributed by atoms with van der Waals surface area (Å²) in [6.07, 6.45) is 20.3. The average Bonchev–Trinajstić information content (AvgIpc) is 2.67. The molecule has 0 spiro atoms. The summed E-state index contributed by atoms with van der Waals surface area (Å²) < 4.78 is 6.10. The Kier molecular flexibility index (Phi) is 13.0. The first-order valence-corrected chi connectivity index (χ1v) is 13.0. The Bertz CT molecular complexity index is 466. The molecule has 2 aliphatic heterocycles. The van der Waals surface area contributed by atoms with Crippen molar-refractivity contribution in [2.45, 2.75) is 127 Å². The van der Waals surface area contributed by atoms with E-state index >= 15 is 0 Å². The normalized spacial score (nSPS) is 23.7. The molecule has 164 valence electrons. The van der Waals surface area contributed by atoms with Gasteiger partial charge in [-0.1, -0.05) is 58.3 Å². The maximum atomic E-state index is 12.7. The van der Waals surface area contributed by atoms with Gasteiger partial charge >= 0.3 is 0 Å². The Labute approximate surface area is 183 Å². The highest BCUT2D eigenvalue weighted by atomic mass is 32.2. The number of nitriles is 1. The Balaban J connectivity index is 1.57. The molecule has 0 aromatic carbocycles. The van der Waals surface area contributed by atoms with Crippen LogP contribution in [0.25, 0.3) is 0 Å². The van der Waals surface area contributed by atoms with Gasteiger partial charge in [0.05, 0.1) is 12.2 Å². The molecule has 1 unspecified atom stereocenters. The number of fused-ring (bicyclic) bond motifs is 6. The number of carbonyl (C=O) groups is 1. The standard InChI is InChI=1S/C25H41NO2S/c1-2-3-4-5-6-7-8-13-21(20-26)14-9-10-19-24(27)25-28-22-15-11-17-23(29-25)18-12-16-22/h21-23H,1-19H2. The quantitative estimate of drug-likeness (QED) is 0.273. The number of unbranched alkanes of at least 4 members (excludes halogenated alkanes) is 7. The van der Waals surface area contributed by atoms with Crippen LogP contribution in [0.5, 0.6) is 0 Å². The van der Waals surface area contributed by atoms with E-state index in [0.717, 1.165) is 51.4 Å². The van der Waals surface area contributed by atoms with Gasteiger partial charge in [0.15, 0.2) is 5.78 Å². The first-order chi connectivity index (χ1) is 14.2. The van der Waals surface area contributed by atoms with Crippen molar-refractivity contribution >= 4 is 17.5 Å². The van der Waals surface area contributed by atoms with Crippen molar-refractivity contribution in [3.8, 4) is 6.07 Å². The van der Waals surface area contributed by atoms with Crippen molar-refractivity contribution in [2.24, 2.45) is 5.92 Å². The fourth-order valence-corrected chi connectivity index (χ4v) is 5.76. The fraction of sp³-hybridized carbons (Fsp3) is 0.840. The average molecular weight is 420 g/mol. The van der Waals surface area contributed by atoms with E-state index in [2.05, 4.69) is 13.0 Å². The topological polar surface area (TPSA) is 50.1 Å². The van der Waals surface area contributed by atoms with E-state index in [1.165, 1.54) is 57.8 Å². The van der Waals surface area contributed by atoms with E-state index in [0.29, 0.717) is 17.1 Å². The highest BCUT2D eigenvalue weighted by molar-refractivity contribution is 8.03. The van der Waals surface area contributed by atoms with Crippen molar-refractivity contribution in [2.75, 3.05) is 0 Å². The lowest BCUT2D eigenvalue weighted by molar-refractivity contribution is -0.122. The molecule has 1 atom stereocenters. The van der Waals surface area contributed by atoms with Crippen molar-refractivity contribution in [1.29, 1.82) is 5.26 Å². The lowest BCUT2D eigenvalue weighted by Crippen LogP contribution is -2.28. The van der Waals surface area contributed by atoms with E-state index in [1.807, 2.05) is 0 Å². The fourth-order valence-electron chi connectivity index (χ4n) is 4.46. The minimum Gasteiger partial charge on any atom is -0.350 e. The van der Waals surface area contributed by atoms with Gasteiger partial charge in [-0.15, -0.1) is 11.8 Å². The Morgan fingerprint density at radius 2 is 1.62 bits per heavy atom. The Hall–Kier alpha value is -0.530. The van der Waals surface area contributed by atoms with Crippen LogP contribution in [-0.4, -0.2) is 17.1 Å². The SMILES string of the molecule is [CH2]CCCCCCCCC(C#N)CCCCC(=O)[C]1OC2CCCC(CCC2)S1. The van der Waals surface area contributed by atoms with Gasteiger partial charge in [-0.05, 0) is 57.8 Å². The molecule has 2 radical (unpaired) electrons. The van der Waals surface area contributed by atoms with Gasteiger partial charge in [0.2, 0.25) is 5.44 Å². The molecule has 3 fully saturated rings. The zero-order valence-corrected chi connectivity index (χ0v) is 19.2. The zero-order valence-electron chi connectivity index (χ0n) is 18.3. The number of Topliss-reactive ketones (excluding diaryl/α,β-unsaturated/α-hetero) is 1. The lowest BCUT2D eigenvalue weighted by atomic mass is 9.95. The van der Waals surface area contributed by atoms with Crippen LogP contribution in [-0.2, 0) is 9.53 Å². The highest BCUT2D eigenvalue weighted by Crippen LogP contribution is 2.40. The van der Waals surface area contributed by atoms with Crippen LogP contribution in [0.3, 0.4) is 0 Å². The van der Waals surface area contributed by atoms with Crippen LogP contribution in [0, 0.1) is 29.6 Å². The summed E-state index contributed by atoms with van der Waals surface area (Å²) in [5.74, 6) is 0.355. The molecule has 2 heterocycles. The van der Waals surface area contributed by atoms with Crippen LogP contribution >= 0.6 is 11.8 Å². The Morgan fingerprint density at radius 1 is 1.00 bits per heavy atom. The van der Waals surface area contributed by atoms with Crippen LogP contribution in [0.15, 0.2) is 0 Å². The molecule has 2 saturated heterocycles. The summed E-state index contributed by atoms with van der Waals surface area (Å²) >= 11 is 1.71. The number of thioether (sulfide) groups is 1. The first kappa shape index (κ1) is 24.7. The number of nitrogens with zero attached hydrogens (tertiary/aromatic N) is 1. The zero-order chi connectivity index (χ0) is 20.7. The number of carbonyl (C=O) groups excluding carboxylic acids is 1. The molecule has 3 rings (SSSR count). The first-order valence-electron chi connectivity index (χ1n) is 12.1. The van der Waals surface area contributed by atoms with E-state index in [1.54, 1.807) is 11.8 Å². The largest absolute Gasteiger partial charge is 0.350 e. The number of hydrogen-bond acceptors (Lipinski definition) is 4. The predicted molar refractivity (Wildman–Crippen MR) is 122 cm³/mol. The van der Waals surface area contributed by atoms with Gasteiger partial charge in [-0.25, -0.2) is 0 Å². The summed E-state index contributed by atoms with van der Waals surface area (Å²) in [5, 5.41) is 9.98. The molecule has 3 aliphatic rings. The number of ketones is 1. The predicted octanol–water partition coefficient (Wildman–Crippen LogP) is 7.55. The summed E-state index contributed by atoms with van der Waals surface area (Å²) in [6, 6.07) is 2.48. The minimum absolute atomic E-state index is 0.156. The maximum Gasteiger partial charge on any atom is 0.218 e. The van der Waals surface area contributed by atoms with Crippen LogP contribution < -0.4 is 0 Å². The Morgan fingerprint density at radius 3 is 2.28 bits per heavy atom. The van der Waals surface area contributed by atoms with Crippen LogP contribution in [0.4, 0.5) is 0 Å². The molecule has 1 saturated carbocycles. The van der Waals surface area contributed by atoms with Crippen molar-refractivity contribution in [1.82, 2.24) is 0 Å².